The minimum absolute atomic E-state index is 0.0240. The van der Waals surface area contributed by atoms with E-state index in [-0.39, 0.29) is 13.2 Å². The number of aliphatic hydroxyl groups is 1. The van der Waals surface area contributed by atoms with E-state index in [2.05, 4.69) is 34.4 Å². The Balaban J connectivity index is 1.81. The van der Waals surface area contributed by atoms with E-state index < -0.39 is 0 Å². The van der Waals surface area contributed by atoms with E-state index in [0.29, 0.717) is 18.0 Å². The molecule has 0 aromatic heterocycles. The second-order valence-corrected chi connectivity index (χ2v) is 7.56. The van der Waals surface area contributed by atoms with Crippen LogP contribution in [0.3, 0.4) is 0 Å². The van der Waals surface area contributed by atoms with Gasteiger partial charge in [0, 0.05) is 13.1 Å². The number of rotatable bonds is 11. The molecule has 1 saturated heterocycles. The topological polar surface area (TPSA) is 78.4 Å². The van der Waals surface area contributed by atoms with Crippen LogP contribution in [0.1, 0.15) is 38.7 Å². The maximum absolute atomic E-state index is 8.91. The number of aliphatic hydroxyl groups excluding tert-OH is 1. The van der Waals surface area contributed by atoms with E-state index >= 15 is 0 Å². The summed E-state index contributed by atoms with van der Waals surface area (Å²) in [5, 5.41) is 15.7. The lowest BCUT2D eigenvalue weighted by Gasteiger charge is -2.30. The average Bonchev–Trinajstić information content (AvgIpc) is 2.74. The van der Waals surface area contributed by atoms with Crippen LogP contribution in [0.15, 0.2) is 23.2 Å². The molecule has 1 aliphatic rings. The molecule has 7 nitrogen and oxygen atoms in total. The van der Waals surface area contributed by atoms with E-state index in [0.717, 1.165) is 43.5 Å². The monoisotopic (exact) mass is 406 g/mol. The van der Waals surface area contributed by atoms with Crippen LogP contribution in [0.4, 0.5) is 0 Å². The molecule has 0 unspecified atom stereocenters. The SMILES string of the molecule is CCNC(=NCc1ccc(OCCO)c(OC)c1)NCCCN1CCC(C)CC1. The van der Waals surface area contributed by atoms with Gasteiger partial charge in [-0.15, -0.1) is 0 Å². The molecule has 1 aromatic carbocycles. The lowest BCUT2D eigenvalue weighted by Crippen LogP contribution is -2.39. The van der Waals surface area contributed by atoms with Crippen molar-refractivity contribution < 1.29 is 14.6 Å². The smallest absolute Gasteiger partial charge is 0.191 e. The van der Waals surface area contributed by atoms with Gasteiger partial charge < -0.3 is 30.1 Å². The van der Waals surface area contributed by atoms with Crippen molar-refractivity contribution in [2.45, 2.75) is 39.7 Å². The number of hydrogen-bond acceptors (Lipinski definition) is 5. The summed E-state index contributed by atoms with van der Waals surface area (Å²) >= 11 is 0. The first-order chi connectivity index (χ1) is 14.2. The standard InChI is InChI=1S/C22H38N4O3/c1-4-23-22(24-10-5-11-26-12-8-18(2)9-13-26)25-17-19-6-7-20(29-15-14-27)21(16-19)28-3/h6-7,16,18,27H,4-5,8-15,17H2,1-3H3,(H2,23,24,25). The van der Waals surface area contributed by atoms with Crippen LogP contribution in [0.2, 0.25) is 0 Å². The Morgan fingerprint density at radius 2 is 2.03 bits per heavy atom. The predicted octanol–water partition coefficient (Wildman–Crippen LogP) is 2.24. The van der Waals surface area contributed by atoms with Crippen molar-refractivity contribution in [3.63, 3.8) is 0 Å². The fraction of sp³-hybridized carbons (Fsp3) is 0.682. The van der Waals surface area contributed by atoms with Crippen molar-refractivity contribution in [1.82, 2.24) is 15.5 Å². The summed E-state index contributed by atoms with van der Waals surface area (Å²) in [6.07, 6.45) is 3.76. The molecule has 1 aliphatic heterocycles. The van der Waals surface area contributed by atoms with Gasteiger partial charge in [-0.1, -0.05) is 13.0 Å². The van der Waals surface area contributed by atoms with Crippen LogP contribution in [0, 0.1) is 5.92 Å². The molecule has 164 valence electrons. The molecule has 0 atom stereocenters. The average molecular weight is 407 g/mol. The third-order valence-corrected chi connectivity index (χ3v) is 5.16. The van der Waals surface area contributed by atoms with Crippen LogP contribution in [0.5, 0.6) is 11.5 Å². The first-order valence-electron chi connectivity index (χ1n) is 10.8. The number of hydrogen-bond donors (Lipinski definition) is 3. The van der Waals surface area contributed by atoms with Gasteiger partial charge in [0.15, 0.2) is 17.5 Å². The largest absolute Gasteiger partial charge is 0.493 e. The van der Waals surface area contributed by atoms with Crippen molar-refractivity contribution in [1.29, 1.82) is 0 Å². The molecule has 0 bridgehead atoms. The van der Waals surface area contributed by atoms with Crippen molar-refractivity contribution in [3.05, 3.63) is 23.8 Å². The second kappa shape index (κ2) is 13.3. The molecule has 0 amide bonds. The zero-order valence-electron chi connectivity index (χ0n) is 18.2. The quantitative estimate of drug-likeness (QED) is 0.297. The number of nitrogens with zero attached hydrogens (tertiary/aromatic N) is 2. The van der Waals surface area contributed by atoms with Gasteiger partial charge in [-0.3, -0.25) is 0 Å². The zero-order valence-corrected chi connectivity index (χ0v) is 18.2. The van der Waals surface area contributed by atoms with Gasteiger partial charge in [0.2, 0.25) is 0 Å². The second-order valence-electron chi connectivity index (χ2n) is 7.56. The van der Waals surface area contributed by atoms with Crippen LogP contribution in [-0.4, -0.2) is 69.0 Å². The highest BCUT2D eigenvalue weighted by molar-refractivity contribution is 5.79. The van der Waals surface area contributed by atoms with Crippen LogP contribution >= 0.6 is 0 Å². The Hall–Kier alpha value is -1.99. The molecular weight excluding hydrogens is 368 g/mol. The highest BCUT2D eigenvalue weighted by atomic mass is 16.5. The highest BCUT2D eigenvalue weighted by Gasteiger charge is 2.14. The Morgan fingerprint density at radius 1 is 1.24 bits per heavy atom. The number of likely N-dealkylation sites (tertiary alicyclic amines) is 1. The summed E-state index contributed by atoms with van der Waals surface area (Å²) < 4.78 is 10.9. The molecule has 29 heavy (non-hydrogen) atoms. The first kappa shape index (κ1) is 23.3. The lowest BCUT2D eigenvalue weighted by molar-refractivity contribution is 0.191. The number of ether oxygens (including phenoxy) is 2. The number of piperidine rings is 1. The molecule has 7 heteroatoms. The van der Waals surface area contributed by atoms with E-state index in [9.17, 15) is 0 Å². The summed E-state index contributed by atoms with van der Waals surface area (Å²) in [4.78, 5) is 7.26. The predicted molar refractivity (Wildman–Crippen MR) is 118 cm³/mol. The summed E-state index contributed by atoms with van der Waals surface area (Å²) in [6.45, 7) is 10.5. The fourth-order valence-electron chi connectivity index (χ4n) is 3.39. The number of benzene rings is 1. The molecule has 3 N–H and O–H groups in total. The molecule has 2 rings (SSSR count). The lowest BCUT2D eigenvalue weighted by atomic mass is 9.99. The maximum atomic E-state index is 8.91. The molecule has 0 saturated carbocycles. The number of aliphatic imine (C=N–C) groups is 1. The summed E-state index contributed by atoms with van der Waals surface area (Å²) in [7, 11) is 1.61. The van der Waals surface area contributed by atoms with Crippen molar-refractivity contribution in [2.75, 3.05) is 53.0 Å². The van der Waals surface area contributed by atoms with Crippen LogP contribution in [-0.2, 0) is 6.54 Å². The molecule has 0 spiro atoms. The first-order valence-corrected chi connectivity index (χ1v) is 10.8. The fourth-order valence-corrected chi connectivity index (χ4v) is 3.39. The summed E-state index contributed by atoms with van der Waals surface area (Å²) in [5.41, 5.74) is 1.04. The van der Waals surface area contributed by atoms with E-state index in [1.165, 1.54) is 25.9 Å². The van der Waals surface area contributed by atoms with E-state index in [1.54, 1.807) is 7.11 Å². The van der Waals surface area contributed by atoms with Gasteiger partial charge in [-0.2, -0.15) is 0 Å². The maximum Gasteiger partial charge on any atom is 0.191 e. The summed E-state index contributed by atoms with van der Waals surface area (Å²) in [6, 6.07) is 5.76. The zero-order chi connectivity index (χ0) is 20.9. The number of guanidine groups is 1. The van der Waals surface area contributed by atoms with Gasteiger partial charge >= 0.3 is 0 Å². The normalized spacial score (nSPS) is 15.9. The third-order valence-electron chi connectivity index (χ3n) is 5.16. The van der Waals surface area contributed by atoms with Crippen LogP contribution < -0.4 is 20.1 Å². The Morgan fingerprint density at radius 3 is 2.72 bits per heavy atom. The van der Waals surface area contributed by atoms with Crippen molar-refractivity contribution in [2.24, 2.45) is 10.9 Å². The molecular formula is C22H38N4O3. The number of nitrogens with one attached hydrogen (secondary N) is 2. The highest BCUT2D eigenvalue weighted by Crippen LogP contribution is 2.28. The Kier molecular flexibility index (Phi) is 10.7. The molecule has 1 heterocycles. The Bertz CT molecular complexity index is 616. The van der Waals surface area contributed by atoms with Crippen molar-refractivity contribution in [3.8, 4) is 11.5 Å². The Labute approximate surface area is 175 Å². The minimum Gasteiger partial charge on any atom is -0.493 e. The molecule has 0 aliphatic carbocycles. The van der Waals surface area contributed by atoms with Crippen LogP contribution in [0.25, 0.3) is 0 Å². The van der Waals surface area contributed by atoms with Gasteiger partial charge in [0.25, 0.3) is 0 Å². The molecule has 1 aromatic rings. The van der Waals surface area contributed by atoms with Gasteiger partial charge in [-0.25, -0.2) is 4.99 Å². The van der Waals surface area contributed by atoms with Crippen molar-refractivity contribution >= 4 is 5.96 Å². The van der Waals surface area contributed by atoms with Gasteiger partial charge in [-0.05, 0) is 69.4 Å². The number of methoxy groups -OCH3 is 1. The van der Waals surface area contributed by atoms with Gasteiger partial charge in [0.1, 0.15) is 6.61 Å². The minimum atomic E-state index is -0.0240. The molecule has 1 fully saturated rings. The van der Waals surface area contributed by atoms with Gasteiger partial charge in [0.05, 0.1) is 20.3 Å². The van der Waals surface area contributed by atoms with E-state index in [4.69, 9.17) is 14.6 Å². The molecule has 0 radical (unpaired) electrons. The van der Waals surface area contributed by atoms with E-state index in [1.807, 2.05) is 18.2 Å². The third kappa shape index (κ3) is 8.50. The summed E-state index contributed by atoms with van der Waals surface area (Å²) in [5.74, 6) is 3.00.